The molecule has 0 radical (unpaired) electrons. The van der Waals surface area contributed by atoms with Crippen molar-refractivity contribution < 1.29 is 22.7 Å². The molecule has 1 saturated carbocycles. The van der Waals surface area contributed by atoms with Gasteiger partial charge < -0.3 is 4.74 Å². The summed E-state index contributed by atoms with van der Waals surface area (Å²) in [7, 11) is 0. The number of benzene rings is 1. The van der Waals surface area contributed by atoms with E-state index in [0.717, 1.165) is 37.8 Å². The molecule has 0 unspecified atom stereocenters. The summed E-state index contributed by atoms with van der Waals surface area (Å²) < 4.78 is 42.6. The lowest BCUT2D eigenvalue weighted by atomic mass is 10.0. The molecule has 0 aromatic heterocycles. The van der Waals surface area contributed by atoms with Crippen molar-refractivity contribution in [1.29, 1.82) is 0 Å². The van der Waals surface area contributed by atoms with Gasteiger partial charge in [-0.1, -0.05) is 18.9 Å². The van der Waals surface area contributed by atoms with E-state index in [4.69, 9.17) is 4.74 Å². The van der Waals surface area contributed by atoms with Crippen molar-refractivity contribution in [1.82, 2.24) is 0 Å². The highest BCUT2D eigenvalue weighted by Gasteiger charge is 2.30. The van der Waals surface area contributed by atoms with E-state index >= 15 is 0 Å². The van der Waals surface area contributed by atoms with E-state index in [0.29, 0.717) is 0 Å². The fraction of sp³-hybridized carbons (Fsp3) is 0.500. The minimum absolute atomic E-state index is 0.0186. The molecule has 0 spiro atoms. The van der Waals surface area contributed by atoms with Crippen LogP contribution in [0.1, 0.15) is 31.2 Å². The van der Waals surface area contributed by atoms with Crippen LogP contribution >= 0.6 is 0 Å². The summed E-state index contributed by atoms with van der Waals surface area (Å²) in [5.74, 6) is 0.0851. The van der Waals surface area contributed by atoms with Crippen LogP contribution in [0.25, 0.3) is 0 Å². The first kappa shape index (κ1) is 13.9. The van der Waals surface area contributed by atoms with E-state index in [2.05, 4.69) is 0 Å². The van der Waals surface area contributed by atoms with Gasteiger partial charge in [0.1, 0.15) is 12.4 Å². The van der Waals surface area contributed by atoms with Crippen molar-refractivity contribution in [2.45, 2.75) is 31.9 Å². The van der Waals surface area contributed by atoms with Crippen LogP contribution in [0.2, 0.25) is 0 Å². The second-order valence-electron chi connectivity index (χ2n) is 4.76. The molecule has 19 heavy (non-hydrogen) atoms. The van der Waals surface area contributed by atoms with Gasteiger partial charge in [-0.25, -0.2) is 0 Å². The normalized spacial score (nSPS) is 16.6. The fourth-order valence-electron chi connectivity index (χ4n) is 2.28. The molecular weight excluding hydrogens is 257 g/mol. The van der Waals surface area contributed by atoms with Gasteiger partial charge in [0.25, 0.3) is 0 Å². The average molecular weight is 272 g/mol. The first-order valence-corrected chi connectivity index (χ1v) is 6.29. The molecule has 104 valence electrons. The zero-order valence-electron chi connectivity index (χ0n) is 10.4. The van der Waals surface area contributed by atoms with Crippen LogP contribution in [0.5, 0.6) is 5.75 Å². The number of carbonyl (C=O) groups excluding carboxylic acids is 1. The van der Waals surface area contributed by atoms with Crippen LogP contribution in [-0.2, 0) is 11.0 Å². The van der Waals surface area contributed by atoms with Gasteiger partial charge in [0.05, 0.1) is 5.56 Å². The first-order chi connectivity index (χ1) is 8.97. The zero-order valence-corrected chi connectivity index (χ0v) is 10.4. The number of ketones is 1. The van der Waals surface area contributed by atoms with Crippen molar-refractivity contribution in [3.8, 4) is 5.75 Å². The SMILES string of the molecule is O=C(COc1cccc(C(F)(F)F)c1)C1CCCC1. The monoisotopic (exact) mass is 272 g/mol. The molecule has 0 aliphatic heterocycles. The van der Waals surface area contributed by atoms with Gasteiger partial charge in [-0.15, -0.1) is 0 Å². The Morgan fingerprint density at radius 1 is 1.26 bits per heavy atom. The molecule has 1 fully saturated rings. The highest BCUT2D eigenvalue weighted by molar-refractivity contribution is 5.82. The minimum atomic E-state index is -4.39. The van der Waals surface area contributed by atoms with Gasteiger partial charge >= 0.3 is 6.18 Å². The topological polar surface area (TPSA) is 26.3 Å². The predicted octanol–water partition coefficient (Wildman–Crippen LogP) is 3.84. The Kier molecular flexibility index (Phi) is 4.12. The molecule has 1 aromatic carbocycles. The lowest BCUT2D eigenvalue weighted by molar-refractivity contribution is -0.137. The van der Waals surface area contributed by atoms with Gasteiger partial charge in [-0.05, 0) is 31.0 Å². The Morgan fingerprint density at radius 3 is 2.58 bits per heavy atom. The number of ether oxygens (including phenoxy) is 1. The molecule has 2 rings (SSSR count). The van der Waals surface area contributed by atoms with E-state index < -0.39 is 11.7 Å². The molecule has 0 heterocycles. The number of halogens is 3. The maximum atomic E-state index is 12.5. The molecule has 0 N–H and O–H groups in total. The number of alkyl halides is 3. The van der Waals surface area contributed by atoms with Crippen LogP contribution in [0, 0.1) is 5.92 Å². The second kappa shape index (κ2) is 5.63. The summed E-state index contributed by atoms with van der Waals surface area (Å²) in [6.07, 6.45) is -0.579. The molecule has 1 aliphatic carbocycles. The summed E-state index contributed by atoms with van der Waals surface area (Å²) in [5, 5.41) is 0. The van der Waals surface area contributed by atoms with Gasteiger partial charge in [0.2, 0.25) is 0 Å². The molecule has 2 nitrogen and oxygen atoms in total. The lowest BCUT2D eigenvalue weighted by Gasteiger charge is -2.11. The summed E-state index contributed by atoms with van der Waals surface area (Å²) in [6.45, 7) is -0.147. The third-order valence-corrected chi connectivity index (χ3v) is 3.35. The van der Waals surface area contributed by atoms with Gasteiger partial charge in [0, 0.05) is 5.92 Å². The summed E-state index contributed by atoms with van der Waals surface area (Å²) >= 11 is 0. The third-order valence-electron chi connectivity index (χ3n) is 3.35. The maximum absolute atomic E-state index is 12.5. The van der Waals surface area contributed by atoms with Gasteiger partial charge in [0.15, 0.2) is 5.78 Å². The summed E-state index contributed by atoms with van der Waals surface area (Å²) in [5.41, 5.74) is -0.765. The second-order valence-corrected chi connectivity index (χ2v) is 4.76. The molecular formula is C14H15F3O2. The quantitative estimate of drug-likeness (QED) is 0.832. The number of rotatable bonds is 4. The first-order valence-electron chi connectivity index (χ1n) is 6.29. The Hall–Kier alpha value is -1.52. The molecule has 0 saturated heterocycles. The summed E-state index contributed by atoms with van der Waals surface area (Å²) in [6, 6.07) is 4.60. The standard InChI is InChI=1S/C14H15F3O2/c15-14(16,17)11-6-3-7-12(8-11)19-9-13(18)10-4-1-2-5-10/h3,6-8,10H,1-2,4-5,9H2. The highest BCUT2D eigenvalue weighted by atomic mass is 19.4. The lowest BCUT2D eigenvalue weighted by Crippen LogP contribution is -2.19. The molecule has 5 heteroatoms. The zero-order chi connectivity index (χ0) is 13.9. The Bertz CT molecular complexity index is 448. The van der Waals surface area contributed by atoms with Gasteiger partial charge in [-0.3, -0.25) is 4.79 Å². The number of hydrogen-bond donors (Lipinski definition) is 0. The van der Waals surface area contributed by atoms with Crippen LogP contribution < -0.4 is 4.74 Å². The van der Waals surface area contributed by atoms with Crippen molar-refractivity contribution >= 4 is 5.78 Å². The third kappa shape index (κ3) is 3.72. The molecule has 1 aliphatic rings. The van der Waals surface area contributed by atoms with Crippen molar-refractivity contribution in [3.05, 3.63) is 29.8 Å². The Balaban J connectivity index is 1.94. The highest BCUT2D eigenvalue weighted by Crippen LogP contribution is 2.31. The number of hydrogen-bond acceptors (Lipinski definition) is 2. The van der Waals surface area contributed by atoms with Crippen LogP contribution in [0.3, 0.4) is 0 Å². The van der Waals surface area contributed by atoms with Crippen LogP contribution in [-0.4, -0.2) is 12.4 Å². The maximum Gasteiger partial charge on any atom is 0.416 e. The smallest absolute Gasteiger partial charge is 0.416 e. The van der Waals surface area contributed by atoms with E-state index in [-0.39, 0.29) is 24.1 Å². The van der Waals surface area contributed by atoms with Crippen LogP contribution in [0.4, 0.5) is 13.2 Å². The Morgan fingerprint density at radius 2 is 1.95 bits per heavy atom. The Labute approximate surface area is 109 Å². The van der Waals surface area contributed by atoms with E-state index in [1.807, 2.05) is 0 Å². The fourth-order valence-corrected chi connectivity index (χ4v) is 2.28. The van der Waals surface area contributed by atoms with Crippen molar-refractivity contribution in [2.75, 3.05) is 6.61 Å². The molecule has 0 amide bonds. The molecule has 0 atom stereocenters. The predicted molar refractivity (Wildman–Crippen MR) is 63.9 cm³/mol. The number of Topliss-reactive ketones (excluding diaryl/α,β-unsaturated/α-hetero) is 1. The van der Waals surface area contributed by atoms with E-state index in [9.17, 15) is 18.0 Å². The van der Waals surface area contributed by atoms with E-state index in [1.54, 1.807) is 0 Å². The number of carbonyl (C=O) groups is 1. The van der Waals surface area contributed by atoms with Gasteiger partial charge in [-0.2, -0.15) is 13.2 Å². The average Bonchev–Trinajstić information content (AvgIpc) is 2.89. The largest absolute Gasteiger partial charge is 0.486 e. The van der Waals surface area contributed by atoms with Crippen molar-refractivity contribution in [2.24, 2.45) is 5.92 Å². The van der Waals surface area contributed by atoms with Crippen LogP contribution in [0.15, 0.2) is 24.3 Å². The molecule has 1 aromatic rings. The van der Waals surface area contributed by atoms with E-state index in [1.165, 1.54) is 12.1 Å². The van der Waals surface area contributed by atoms with Crippen molar-refractivity contribution in [3.63, 3.8) is 0 Å². The summed E-state index contributed by atoms with van der Waals surface area (Å²) in [4.78, 5) is 11.8. The molecule has 0 bridgehead atoms. The minimum Gasteiger partial charge on any atom is -0.486 e.